The zero-order chi connectivity index (χ0) is 13.2. The molecule has 0 aromatic heterocycles. The van der Waals surface area contributed by atoms with Crippen LogP contribution in [0.15, 0.2) is 0 Å². The molecule has 0 saturated carbocycles. The van der Waals surface area contributed by atoms with Gasteiger partial charge in [-0.25, -0.2) is 0 Å². The normalized spacial score (nSPS) is 20.1. The summed E-state index contributed by atoms with van der Waals surface area (Å²) in [5.41, 5.74) is 0. The monoisotopic (exact) mass is 254 g/mol. The lowest BCUT2D eigenvalue weighted by atomic mass is 9.97. The lowest BCUT2D eigenvalue weighted by Crippen LogP contribution is -2.42. The van der Waals surface area contributed by atoms with Gasteiger partial charge in [-0.05, 0) is 38.8 Å². The Morgan fingerprint density at radius 3 is 2.78 bits per heavy atom. The molecule has 1 aliphatic rings. The standard InChI is InChI=1S/C15H30N2O/c1-3-4-5-6-7-10-15(18)17-11-8-9-14(13-17)12-16-2/h14,16H,3-13H2,1-2H3. The van der Waals surface area contributed by atoms with Crippen LogP contribution in [-0.4, -0.2) is 37.5 Å². The van der Waals surface area contributed by atoms with Gasteiger partial charge in [-0.2, -0.15) is 0 Å². The highest BCUT2D eigenvalue weighted by atomic mass is 16.2. The van der Waals surface area contributed by atoms with Crippen LogP contribution in [0.25, 0.3) is 0 Å². The Morgan fingerprint density at radius 2 is 2.06 bits per heavy atom. The maximum absolute atomic E-state index is 12.1. The average molecular weight is 254 g/mol. The minimum Gasteiger partial charge on any atom is -0.342 e. The Bertz CT molecular complexity index is 229. The molecule has 18 heavy (non-hydrogen) atoms. The van der Waals surface area contributed by atoms with E-state index in [2.05, 4.69) is 17.1 Å². The van der Waals surface area contributed by atoms with Gasteiger partial charge in [-0.1, -0.05) is 32.6 Å². The molecule has 1 unspecified atom stereocenters. The topological polar surface area (TPSA) is 32.3 Å². The van der Waals surface area contributed by atoms with Gasteiger partial charge in [0.25, 0.3) is 0 Å². The summed E-state index contributed by atoms with van der Waals surface area (Å²) in [4.78, 5) is 14.2. The Hall–Kier alpha value is -0.570. The van der Waals surface area contributed by atoms with Crippen LogP contribution < -0.4 is 5.32 Å². The van der Waals surface area contributed by atoms with Crippen LogP contribution in [0, 0.1) is 5.92 Å². The Labute approximate surface area is 112 Å². The number of carbonyl (C=O) groups is 1. The van der Waals surface area contributed by atoms with Gasteiger partial charge in [0.2, 0.25) is 5.91 Å². The fraction of sp³-hybridized carbons (Fsp3) is 0.933. The van der Waals surface area contributed by atoms with Crippen molar-refractivity contribution in [1.82, 2.24) is 10.2 Å². The highest BCUT2D eigenvalue weighted by molar-refractivity contribution is 5.76. The largest absolute Gasteiger partial charge is 0.342 e. The van der Waals surface area contributed by atoms with E-state index in [4.69, 9.17) is 0 Å². The molecule has 0 radical (unpaired) electrons. The second-order valence-corrected chi connectivity index (χ2v) is 5.57. The van der Waals surface area contributed by atoms with Crippen molar-refractivity contribution in [3.05, 3.63) is 0 Å². The van der Waals surface area contributed by atoms with Crippen molar-refractivity contribution in [2.24, 2.45) is 5.92 Å². The number of nitrogens with one attached hydrogen (secondary N) is 1. The van der Waals surface area contributed by atoms with Gasteiger partial charge in [-0.15, -0.1) is 0 Å². The number of unbranched alkanes of at least 4 members (excludes halogenated alkanes) is 4. The first-order valence-corrected chi connectivity index (χ1v) is 7.70. The molecule has 1 heterocycles. The first-order valence-electron chi connectivity index (χ1n) is 7.70. The summed E-state index contributed by atoms with van der Waals surface area (Å²) in [5.74, 6) is 1.04. The van der Waals surface area contributed by atoms with Crippen LogP contribution in [0.4, 0.5) is 0 Å². The number of rotatable bonds is 8. The van der Waals surface area contributed by atoms with Gasteiger partial charge in [-0.3, -0.25) is 4.79 Å². The fourth-order valence-corrected chi connectivity index (χ4v) is 2.78. The van der Waals surface area contributed by atoms with E-state index in [1.165, 1.54) is 38.5 Å². The predicted octanol–water partition coefficient (Wildman–Crippen LogP) is 2.80. The second kappa shape index (κ2) is 9.37. The van der Waals surface area contributed by atoms with E-state index < -0.39 is 0 Å². The molecule has 106 valence electrons. The van der Waals surface area contributed by atoms with Crippen LogP contribution in [0.1, 0.15) is 58.3 Å². The molecule has 0 aromatic rings. The van der Waals surface area contributed by atoms with E-state index in [0.717, 1.165) is 32.5 Å². The van der Waals surface area contributed by atoms with Crippen LogP contribution in [0.3, 0.4) is 0 Å². The molecule has 0 spiro atoms. The summed E-state index contributed by atoms with van der Waals surface area (Å²) in [6.07, 6.45) is 9.35. The van der Waals surface area contributed by atoms with Gasteiger partial charge in [0, 0.05) is 19.5 Å². The van der Waals surface area contributed by atoms with Crippen LogP contribution in [-0.2, 0) is 4.79 Å². The number of hydrogen-bond acceptors (Lipinski definition) is 2. The highest BCUT2D eigenvalue weighted by Gasteiger charge is 2.22. The van der Waals surface area contributed by atoms with Crippen molar-refractivity contribution in [2.45, 2.75) is 58.3 Å². The van der Waals surface area contributed by atoms with Crippen molar-refractivity contribution in [2.75, 3.05) is 26.7 Å². The number of amides is 1. The van der Waals surface area contributed by atoms with Crippen molar-refractivity contribution < 1.29 is 4.79 Å². The van der Waals surface area contributed by atoms with Gasteiger partial charge in [0.05, 0.1) is 0 Å². The molecule has 3 nitrogen and oxygen atoms in total. The number of piperidine rings is 1. The quantitative estimate of drug-likeness (QED) is 0.676. The van der Waals surface area contributed by atoms with E-state index in [1.807, 2.05) is 7.05 Å². The molecular weight excluding hydrogens is 224 g/mol. The van der Waals surface area contributed by atoms with E-state index in [0.29, 0.717) is 11.8 Å². The number of likely N-dealkylation sites (tertiary alicyclic amines) is 1. The summed E-state index contributed by atoms with van der Waals surface area (Å²) in [6, 6.07) is 0. The molecule has 0 aromatic carbocycles. The third-order valence-electron chi connectivity index (χ3n) is 3.86. The third kappa shape index (κ3) is 5.85. The summed E-state index contributed by atoms with van der Waals surface area (Å²) < 4.78 is 0. The number of hydrogen-bond donors (Lipinski definition) is 1. The van der Waals surface area contributed by atoms with Gasteiger partial charge < -0.3 is 10.2 Å². The second-order valence-electron chi connectivity index (χ2n) is 5.57. The molecule has 3 heteroatoms. The molecule has 1 aliphatic heterocycles. The maximum Gasteiger partial charge on any atom is 0.222 e. The molecule has 0 aliphatic carbocycles. The summed E-state index contributed by atoms with van der Waals surface area (Å²) in [7, 11) is 1.99. The lowest BCUT2D eigenvalue weighted by molar-refractivity contribution is -0.133. The zero-order valence-electron chi connectivity index (χ0n) is 12.2. The molecular formula is C15H30N2O. The first-order chi connectivity index (χ1) is 8.77. The summed E-state index contributed by atoms with van der Waals surface area (Å²) >= 11 is 0. The third-order valence-corrected chi connectivity index (χ3v) is 3.86. The minimum absolute atomic E-state index is 0.382. The van der Waals surface area contributed by atoms with E-state index in [-0.39, 0.29) is 0 Å². The van der Waals surface area contributed by atoms with Gasteiger partial charge >= 0.3 is 0 Å². The van der Waals surface area contributed by atoms with Crippen LogP contribution >= 0.6 is 0 Å². The van der Waals surface area contributed by atoms with Crippen molar-refractivity contribution in [3.63, 3.8) is 0 Å². The summed E-state index contributed by atoms with van der Waals surface area (Å²) in [6.45, 7) is 5.21. The fourth-order valence-electron chi connectivity index (χ4n) is 2.78. The Morgan fingerprint density at radius 1 is 1.28 bits per heavy atom. The van der Waals surface area contributed by atoms with Gasteiger partial charge in [0.15, 0.2) is 0 Å². The molecule has 1 fully saturated rings. The molecule has 0 bridgehead atoms. The summed E-state index contributed by atoms with van der Waals surface area (Å²) in [5, 5.41) is 3.23. The van der Waals surface area contributed by atoms with Gasteiger partial charge in [0.1, 0.15) is 0 Å². The average Bonchev–Trinajstić information content (AvgIpc) is 2.39. The number of carbonyl (C=O) groups excluding carboxylic acids is 1. The number of nitrogens with zero attached hydrogens (tertiary/aromatic N) is 1. The zero-order valence-corrected chi connectivity index (χ0v) is 12.2. The molecule has 1 N–H and O–H groups in total. The van der Waals surface area contributed by atoms with Crippen LogP contribution in [0.2, 0.25) is 0 Å². The van der Waals surface area contributed by atoms with E-state index in [1.54, 1.807) is 0 Å². The molecule has 1 atom stereocenters. The highest BCUT2D eigenvalue weighted by Crippen LogP contribution is 2.17. The maximum atomic E-state index is 12.1. The van der Waals surface area contributed by atoms with Crippen LogP contribution in [0.5, 0.6) is 0 Å². The van der Waals surface area contributed by atoms with Crippen molar-refractivity contribution >= 4 is 5.91 Å². The predicted molar refractivity (Wildman–Crippen MR) is 76.6 cm³/mol. The van der Waals surface area contributed by atoms with Crippen molar-refractivity contribution in [1.29, 1.82) is 0 Å². The lowest BCUT2D eigenvalue weighted by Gasteiger charge is -2.32. The smallest absolute Gasteiger partial charge is 0.222 e. The molecule has 1 amide bonds. The molecule has 1 saturated heterocycles. The Kier molecular flexibility index (Phi) is 8.06. The van der Waals surface area contributed by atoms with E-state index in [9.17, 15) is 4.79 Å². The Balaban J connectivity index is 2.16. The van der Waals surface area contributed by atoms with Crippen molar-refractivity contribution in [3.8, 4) is 0 Å². The minimum atomic E-state index is 0.382. The SMILES string of the molecule is CCCCCCCC(=O)N1CCCC(CNC)C1. The molecule has 1 rings (SSSR count). The van der Waals surface area contributed by atoms with E-state index >= 15 is 0 Å². The first kappa shape index (κ1) is 15.5.